The highest BCUT2D eigenvalue weighted by Gasteiger charge is 2.37. The number of ether oxygens (including phenoxy) is 2. The Labute approximate surface area is 200 Å². The van der Waals surface area contributed by atoms with E-state index in [1.807, 2.05) is 31.3 Å². The summed E-state index contributed by atoms with van der Waals surface area (Å²) in [6, 6.07) is 14.9. The lowest BCUT2D eigenvalue weighted by Gasteiger charge is -2.23. The molecule has 1 aromatic heterocycles. The van der Waals surface area contributed by atoms with E-state index < -0.39 is 0 Å². The number of aromatic nitrogens is 1. The van der Waals surface area contributed by atoms with Crippen LogP contribution in [0.15, 0.2) is 54.7 Å². The third-order valence-corrected chi connectivity index (χ3v) is 7.33. The number of carbonyl (C=O) groups is 1. The largest absolute Gasteiger partial charge is 0.497 e. The second-order valence-electron chi connectivity index (χ2n) is 9.59. The number of hydrogen-bond donors (Lipinski definition) is 0. The first-order valence-corrected chi connectivity index (χ1v) is 12.0. The van der Waals surface area contributed by atoms with E-state index >= 15 is 0 Å². The monoisotopic (exact) mass is 459 g/mol. The first-order chi connectivity index (χ1) is 16.4. The molecule has 0 aliphatic heterocycles. The molecule has 1 saturated carbocycles. The number of fused-ring (bicyclic) bond motifs is 1. The summed E-state index contributed by atoms with van der Waals surface area (Å²) in [4.78, 5) is 16.7. The van der Waals surface area contributed by atoms with Crippen molar-refractivity contribution in [3.05, 3.63) is 77.2 Å². The lowest BCUT2D eigenvalue weighted by Crippen LogP contribution is -2.19. The highest BCUT2D eigenvalue weighted by molar-refractivity contribution is 5.79. The highest BCUT2D eigenvalue weighted by Crippen LogP contribution is 2.47. The Balaban J connectivity index is 1.37. The van der Waals surface area contributed by atoms with Gasteiger partial charge >= 0.3 is 0 Å². The molecule has 5 heteroatoms. The van der Waals surface area contributed by atoms with Crippen molar-refractivity contribution in [1.29, 1.82) is 0 Å². The number of hydrogen-bond acceptors (Lipinski definition) is 4. The first kappa shape index (κ1) is 22.6. The Morgan fingerprint density at radius 1 is 1.09 bits per heavy atom. The van der Waals surface area contributed by atoms with Gasteiger partial charge in [0.15, 0.2) is 0 Å². The van der Waals surface area contributed by atoms with Gasteiger partial charge in [-0.3, -0.25) is 9.78 Å². The second-order valence-corrected chi connectivity index (χ2v) is 9.59. The van der Waals surface area contributed by atoms with E-state index in [0.717, 1.165) is 29.7 Å². The van der Waals surface area contributed by atoms with Gasteiger partial charge in [0.25, 0.3) is 0 Å². The second kappa shape index (κ2) is 9.21. The van der Waals surface area contributed by atoms with Crippen LogP contribution in [0.4, 0.5) is 4.39 Å². The smallest absolute Gasteiger partial charge is 0.133 e. The number of nitrogens with zero attached hydrogens (tertiary/aromatic N) is 1. The van der Waals surface area contributed by atoms with Gasteiger partial charge in [0, 0.05) is 23.2 Å². The minimum Gasteiger partial charge on any atom is -0.497 e. The fourth-order valence-electron chi connectivity index (χ4n) is 5.19. The van der Waals surface area contributed by atoms with Gasteiger partial charge in [-0.15, -0.1) is 0 Å². The lowest BCUT2D eigenvalue weighted by atomic mass is 9.81. The van der Waals surface area contributed by atoms with Crippen LogP contribution in [-0.4, -0.2) is 17.9 Å². The molecule has 176 valence electrons. The fraction of sp³-hybridized carbons (Fsp3) is 0.379. The molecule has 3 atom stereocenters. The zero-order chi connectivity index (χ0) is 23.8. The fourth-order valence-corrected chi connectivity index (χ4v) is 5.19. The highest BCUT2D eigenvalue weighted by atomic mass is 19.1. The summed E-state index contributed by atoms with van der Waals surface area (Å²) in [6.07, 6.45) is 5.80. The number of pyridine rings is 1. The van der Waals surface area contributed by atoms with Gasteiger partial charge in [0.1, 0.15) is 29.2 Å². The number of carbonyl (C=O) groups excluding carboxylic acids is 1. The zero-order valence-corrected chi connectivity index (χ0v) is 19.9. The maximum Gasteiger partial charge on any atom is 0.133 e. The molecule has 34 heavy (non-hydrogen) atoms. The standard InChI is InChI=1S/C29H30FNO3/c1-17(18(2)32)29(19-7-8-19)21-5-4-6-23(13-21)34-28-12-9-20-14-27(31-16-25(20)28)24-15-22(33-3)10-11-26(24)30/h4-6,10-11,13-17,19,28-29H,7-9,12H2,1-3H3/t17-,28-,29+/m1/s1. The van der Waals surface area contributed by atoms with Gasteiger partial charge in [0.05, 0.1) is 12.8 Å². The van der Waals surface area contributed by atoms with Crippen LogP contribution in [-0.2, 0) is 11.2 Å². The topological polar surface area (TPSA) is 48.4 Å². The molecule has 2 aliphatic carbocycles. The van der Waals surface area contributed by atoms with Gasteiger partial charge in [-0.1, -0.05) is 19.1 Å². The van der Waals surface area contributed by atoms with Crippen molar-refractivity contribution in [2.24, 2.45) is 11.8 Å². The van der Waals surface area contributed by atoms with Gasteiger partial charge in [-0.25, -0.2) is 4.39 Å². The third kappa shape index (κ3) is 4.44. The molecule has 3 aromatic rings. The molecule has 1 heterocycles. The molecule has 2 aromatic carbocycles. The normalized spacial score (nSPS) is 18.8. The van der Waals surface area contributed by atoms with Gasteiger partial charge in [0.2, 0.25) is 0 Å². The maximum absolute atomic E-state index is 14.4. The van der Waals surface area contributed by atoms with Crippen molar-refractivity contribution in [2.75, 3.05) is 7.11 Å². The summed E-state index contributed by atoms with van der Waals surface area (Å²) in [7, 11) is 1.57. The molecule has 0 bridgehead atoms. The van der Waals surface area contributed by atoms with Crippen LogP contribution in [0.25, 0.3) is 11.3 Å². The third-order valence-electron chi connectivity index (χ3n) is 7.33. The predicted molar refractivity (Wildman–Crippen MR) is 130 cm³/mol. The summed E-state index contributed by atoms with van der Waals surface area (Å²) in [5.74, 6) is 2.18. The van der Waals surface area contributed by atoms with Gasteiger partial charge < -0.3 is 9.47 Å². The minimum absolute atomic E-state index is 0.00887. The molecular weight excluding hydrogens is 429 g/mol. The molecule has 0 saturated heterocycles. The average molecular weight is 460 g/mol. The van der Waals surface area contributed by atoms with Crippen LogP contribution in [0.1, 0.15) is 61.8 Å². The number of halogens is 1. The Hall–Kier alpha value is -3.21. The summed E-state index contributed by atoms with van der Waals surface area (Å²) < 4.78 is 26.1. The summed E-state index contributed by atoms with van der Waals surface area (Å²) in [5, 5.41) is 0. The van der Waals surface area contributed by atoms with E-state index in [4.69, 9.17) is 9.47 Å². The molecule has 0 unspecified atom stereocenters. The van der Waals surface area contributed by atoms with Crippen molar-refractivity contribution in [2.45, 2.75) is 51.6 Å². The number of methoxy groups -OCH3 is 1. The molecule has 0 spiro atoms. The van der Waals surface area contributed by atoms with Crippen molar-refractivity contribution >= 4 is 5.78 Å². The Bertz CT molecular complexity index is 1220. The average Bonchev–Trinajstić information content (AvgIpc) is 3.60. The van der Waals surface area contributed by atoms with E-state index in [1.54, 1.807) is 26.2 Å². The van der Waals surface area contributed by atoms with Crippen molar-refractivity contribution in [3.63, 3.8) is 0 Å². The molecule has 2 aliphatic rings. The van der Waals surface area contributed by atoms with Crippen LogP contribution in [0.5, 0.6) is 11.5 Å². The summed E-state index contributed by atoms with van der Waals surface area (Å²) in [6.45, 7) is 3.73. The molecule has 1 fully saturated rings. The molecule has 0 N–H and O–H groups in total. The zero-order valence-electron chi connectivity index (χ0n) is 19.9. The van der Waals surface area contributed by atoms with E-state index in [-0.39, 0.29) is 29.5 Å². The molecule has 5 rings (SSSR count). The predicted octanol–water partition coefficient (Wildman–Crippen LogP) is 6.68. The Morgan fingerprint density at radius 2 is 1.91 bits per heavy atom. The van der Waals surface area contributed by atoms with E-state index in [1.165, 1.54) is 24.5 Å². The number of ketones is 1. The van der Waals surface area contributed by atoms with E-state index in [2.05, 4.69) is 17.1 Å². The van der Waals surface area contributed by atoms with Crippen LogP contribution >= 0.6 is 0 Å². The molecular formula is C29H30FNO3. The number of Topliss-reactive ketones (excluding diaryl/α,β-unsaturated/α-hetero) is 1. The SMILES string of the molecule is COc1ccc(F)c(-c2cc3c(cn2)[C@H](Oc2cccc([C@H](C4CC4)[C@H](C)C(C)=O)c2)CC3)c1. The van der Waals surface area contributed by atoms with Crippen molar-refractivity contribution < 1.29 is 18.7 Å². The van der Waals surface area contributed by atoms with Gasteiger partial charge in [-0.2, -0.15) is 0 Å². The van der Waals surface area contributed by atoms with E-state index in [0.29, 0.717) is 22.9 Å². The number of benzene rings is 2. The van der Waals surface area contributed by atoms with Crippen molar-refractivity contribution in [3.8, 4) is 22.8 Å². The molecule has 4 nitrogen and oxygen atoms in total. The molecule has 0 radical (unpaired) electrons. The first-order valence-electron chi connectivity index (χ1n) is 12.0. The van der Waals surface area contributed by atoms with Crippen LogP contribution in [0.2, 0.25) is 0 Å². The lowest BCUT2D eigenvalue weighted by molar-refractivity contribution is -0.121. The van der Waals surface area contributed by atoms with E-state index in [9.17, 15) is 9.18 Å². The maximum atomic E-state index is 14.4. The number of rotatable bonds is 8. The Morgan fingerprint density at radius 3 is 2.65 bits per heavy atom. The summed E-state index contributed by atoms with van der Waals surface area (Å²) in [5.41, 5.74) is 4.40. The van der Waals surface area contributed by atoms with Crippen LogP contribution < -0.4 is 9.47 Å². The number of aryl methyl sites for hydroxylation is 1. The Kier molecular flexibility index (Phi) is 6.11. The minimum atomic E-state index is -0.319. The molecule has 0 amide bonds. The quantitative estimate of drug-likeness (QED) is 0.377. The van der Waals surface area contributed by atoms with Gasteiger partial charge in [-0.05, 0) is 92.0 Å². The van der Waals surface area contributed by atoms with Crippen LogP contribution in [0.3, 0.4) is 0 Å². The van der Waals surface area contributed by atoms with Crippen LogP contribution in [0, 0.1) is 17.7 Å². The van der Waals surface area contributed by atoms with Crippen molar-refractivity contribution in [1.82, 2.24) is 4.98 Å². The summed E-state index contributed by atoms with van der Waals surface area (Å²) >= 11 is 0.